The lowest BCUT2D eigenvalue weighted by molar-refractivity contribution is -0.137. The minimum absolute atomic E-state index is 0.0152. The molecular weight excluding hydrogens is 445 g/mol. The van der Waals surface area contributed by atoms with Gasteiger partial charge in [0.1, 0.15) is 0 Å². The van der Waals surface area contributed by atoms with Crippen molar-refractivity contribution >= 4 is 17.5 Å². The summed E-state index contributed by atoms with van der Waals surface area (Å²) in [5.41, 5.74) is -0.831. The van der Waals surface area contributed by atoms with Crippen LogP contribution in [0.5, 0.6) is 0 Å². The van der Waals surface area contributed by atoms with E-state index in [1.54, 1.807) is 12.1 Å². The van der Waals surface area contributed by atoms with Crippen LogP contribution in [0.1, 0.15) is 50.2 Å². The Bertz CT molecular complexity index is 962. The van der Waals surface area contributed by atoms with Crippen molar-refractivity contribution in [2.75, 3.05) is 37.6 Å². The van der Waals surface area contributed by atoms with Gasteiger partial charge in [-0.15, -0.1) is 0 Å². The number of amides is 2. The van der Waals surface area contributed by atoms with Gasteiger partial charge in [-0.05, 0) is 68.6 Å². The molecule has 4 rings (SSSR count). The molecule has 2 atom stereocenters. The van der Waals surface area contributed by atoms with Gasteiger partial charge in [-0.25, -0.2) is 0 Å². The second-order valence-electron chi connectivity index (χ2n) is 9.78. The van der Waals surface area contributed by atoms with Crippen LogP contribution in [0.15, 0.2) is 18.2 Å². The number of anilines is 1. The minimum atomic E-state index is -4.58. The number of benzene rings is 1. The molecule has 0 bridgehead atoms. The van der Waals surface area contributed by atoms with E-state index in [2.05, 4.69) is 5.32 Å². The quantitative estimate of drug-likeness (QED) is 0.678. The highest BCUT2D eigenvalue weighted by molar-refractivity contribution is 5.82. The second-order valence-corrected chi connectivity index (χ2v) is 9.78. The minimum Gasteiger partial charge on any atom is -0.372 e. The number of hydrogen-bond acceptors (Lipinski definition) is 4. The third kappa shape index (κ3) is 5.31. The number of nitrogens with zero attached hydrogens (tertiary/aromatic N) is 3. The summed E-state index contributed by atoms with van der Waals surface area (Å²) in [7, 11) is 0. The van der Waals surface area contributed by atoms with Crippen LogP contribution in [0.4, 0.5) is 18.9 Å². The van der Waals surface area contributed by atoms with Gasteiger partial charge >= 0.3 is 6.18 Å². The van der Waals surface area contributed by atoms with Crippen molar-refractivity contribution in [3.8, 4) is 6.07 Å². The maximum absolute atomic E-state index is 13.4. The average molecular weight is 477 g/mol. The number of alkyl halides is 3. The zero-order valence-corrected chi connectivity index (χ0v) is 19.4. The highest BCUT2D eigenvalue weighted by atomic mass is 19.4. The van der Waals surface area contributed by atoms with Crippen LogP contribution in [0.3, 0.4) is 0 Å². The summed E-state index contributed by atoms with van der Waals surface area (Å²) in [6.45, 7) is 4.59. The number of rotatable bonds is 6. The van der Waals surface area contributed by atoms with Crippen LogP contribution in [-0.4, -0.2) is 49.4 Å². The van der Waals surface area contributed by atoms with Crippen LogP contribution in [-0.2, 0) is 15.8 Å². The lowest BCUT2D eigenvalue weighted by atomic mass is 9.78. The van der Waals surface area contributed by atoms with Crippen molar-refractivity contribution in [2.24, 2.45) is 23.7 Å². The van der Waals surface area contributed by atoms with Gasteiger partial charge in [0.15, 0.2) is 0 Å². The topological polar surface area (TPSA) is 76.4 Å². The van der Waals surface area contributed by atoms with E-state index in [0.717, 1.165) is 31.7 Å². The van der Waals surface area contributed by atoms with E-state index in [4.69, 9.17) is 5.26 Å². The smallest absolute Gasteiger partial charge is 0.372 e. The monoisotopic (exact) mass is 476 g/mol. The maximum atomic E-state index is 13.4. The van der Waals surface area contributed by atoms with Gasteiger partial charge in [-0.3, -0.25) is 9.59 Å². The Morgan fingerprint density at radius 1 is 1.15 bits per heavy atom. The standard InChI is InChI=1S/C25H31F3N4O2/c1-2-30-24(34)21-15-32(23(33)11-16-3-4-16)14-20(21)17-7-9-31(10-8-17)19-6-5-18(13-29)22(12-19)25(26,27)28/h5-6,12,16-17,20-21H,2-4,7-11,14-15H2,1H3,(H,30,34)/t20-,21+/m0/s1. The molecule has 0 radical (unpaired) electrons. The van der Waals surface area contributed by atoms with Crippen molar-refractivity contribution in [3.05, 3.63) is 29.3 Å². The molecular formula is C25H31F3N4O2. The van der Waals surface area contributed by atoms with Crippen LogP contribution in [0.2, 0.25) is 0 Å². The molecule has 1 aromatic carbocycles. The van der Waals surface area contributed by atoms with Gasteiger partial charge in [0.2, 0.25) is 11.8 Å². The van der Waals surface area contributed by atoms with Gasteiger partial charge in [0.25, 0.3) is 0 Å². The summed E-state index contributed by atoms with van der Waals surface area (Å²) in [5, 5.41) is 11.9. The van der Waals surface area contributed by atoms with Crippen molar-refractivity contribution in [2.45, 2.75) is 45.2 Å². The molecule has 0 unspecified atom stereocenters. The van der Waals surface area contributed by atoms with Gasteiger partial charge < -0.3 is 15.1 Å². The molecule has 0 aromatic heterocycles. The Balaban J connectivity index is 1.44. The van der Waals surface area contributed by atoms with Gasteiger partial charge in [-0.1, -0.05) is 0 Å². The predicted molar refractivity (Wildman–Crippen MR) is 121 cm³/mol. The first-order valence-corrected chi connectivity index (χ1v) is 12.1. The summed E-state index contributed by atoms with van der Waals surface area (Å²) >= 11 is 0. The van der Waals surface area contributed by atoms with E-state index in [1.165, 1.54) is 6.07 Å². The van der Waals surface area contributed by atoms with E-state index in [1.807, 2.05) is 16.7 Å². The number of carbonyl (C=O) groups is 2. The highest BCUT2D eigenvalue weighted by Gasteiger charge is 2.44. The summed E-state index contributed by atoms with van der Waals surface area (Å²) in [6, 6.07) is 5.48. The normalized spacial score (nSPS) is 23.6. The molecule has 2 saturated heterocycles. The van der Waals surface area contributed by atoms with Crippen molar-refractivity contribution in [1.29, 1.82) is 5.26 Å². The summed E-state index contributed by atoms with van der Waals surface area (Å²) < 4.78 is 40.1. The molecule has 3 aliphatic rings. The molecule has 1 saturated carbocycles. The Morgan fingerprint density at radius 2 is 1.85 bits per heavy atom. The zero-order chi connectivity index (χ0) is 24.5. The molecule has 6 nitrogen and oxygen atoms in total. The van der Waals surface area contributed by atoms with Crippen LogP contribution >= 0.6 is 0 Å². The molecule has 3 fully saturated rings. The maximum Gasteiger partial charge on any atom is 0.417 e. The van der Waals surface area contributed by atoms with Gasteiger partial charge in [0, 0.05) is 44.8 Å². The summed E-state index contributed by atoms with van der Waals surface area (Å²) in [4.78, 5) is 29.3. The SMILES string of the molecule is CCNC(=O)[C@@H]1CN(C(=O)CC2CC2)C[C@H]1C1CCN(c2ccc(C#N)c(C(F)(F)F)c2)CC1. The van der Waals surface area contributed by atoms with Crippen LogP contribution < -0.4 is 10.2 Å². The Morgan fingerprint density at radius 3 is 2.44 bits per heavy atom. The molecule has 0 spiro atoms. The molecule has 2 heterocycles. The second kappa shape index (κ2) is 9.85. The zero-order valence-electron chi connectivity index (χ0n) is 19.4. The first-order chi connectivity index (χ1) is 16.2. The van der Waals surface area contributed by atoms with E-state index in [0.29, 0.717) is 50.7 Å². The Hall–Kier alpha value is -2.76. The third-order valence-electron chi connectivity index (χ3n) is 7.51. The largest absolute Gasteiger partial charge is 0.417 e. The lowest BCUT2D eigenvalue weighted by Crippen LogP contribution is -2.41. The van der Waals surface area contributed by atoms with E-state index in [9.17, 15) is 22.8 Å². The number of piperidine rings is 1. The van der Waals surface area contributed by atoms with Gasteiger partial charge in [-0.2, -0.15) is 18.4 Å². The van der Waals surface area contributed by atoms with E-state index >= 15 is 0 Å². The van der Waals surface area contributed by atoms with Crippen molar-refractivity contribution < 1.29 is 22.8 Å². The van der Waals surface area contributed by atoms with Gasteiger partial charge in [0.05, 0.1) is 23.1 Å². The number of nitriles is 1. The Labute approximate surface area is 198 Å². The molecule has 1 N–H and O–H groups in total. The summed E-state index contributed by atoms with van der Waals surface area (Å²) in [5.74, 6) is 0.650. The molecule has 9 heteroatoms. The van der Waals surface area contributed by atoms with Crippen LogP contribution in [0, 0.1) is 35.0 Å². The van der Waals surface area contributed by atoms with Crippen molar-refractivity contribution in [3.63, 3.8) is 0 Å². The lowest BCUT2D eigenvalue weighted by Gasteiger charge is -2.37. The first-order valence-electron chi connectivity index (χ1n) is 12.1. The van der Waals surface area contributed by atoms with E-state index in [-0.39, 0.29) is 35.1 Å². The first kappa shape index (κ1) is 24.4. The van der Waals surface area contributed by atoms with Crippen molar-refractivity contribution in [1.82, 2.24) is 10.2 Å². The fraction of sp³-hybridized carbons (Fsp3) is 0.640. The van der Waals surface area contributed by atoms with E-state index < -0.39 is 11.7 Å². The number of hydrogen-bond donors (Lipinski definition) is 1. The fourth-order valence-electron chi connectivity index (χ4n) is 5.44. The molecule has 1 aromatic rings. The molecule has 2 aliphatic heterocycles. The number of carbonyl (C=O) groups excluding carboxylic acids is 2. The fourth-order valence-corrected chi connectivity index (χ4v) is 5.44. The number of nitrogens with one attached hydrogen (secondary N) is 1. The molecule has 34 heavy (non-hydrogen) atoms. The number of halogens is 3. The van der Waals surface area contributed by atoms with Crippen LogP contribution in [0.25, 0.3) is 0 Å². The molecule has 2 amide bonds. The Kier molecular flexibility index (Phi) is 7.06. The number of likely N-dealkylation sites (tertiary alicyclic amines) is 1. The highest BCUT2D eigenvalue weighted by Crippen LogP contribution is 2.40. The third-order valence-corrected chi connectivity index (χ3v) is 7.51. The molecule has 184 valence electrons. The predicted octanol–water partition coefficient (Wildman–Crippen LogP) is 3.80. The average Bonchev–Trinajstić information content (AvgIpc) is 3.51. The molecule has 1 aliphatic carbocycles. The summed E-state index contributed by atoms with van der Waals surface area (Å²) in [6.07, 6.45) is -0.328.